The van der Waals surface area contributed by atoms with E-state index in [-0.39, 0.29) is 12.2 Å². The summed E-state index contributed by atoms with van der Waals surface area (Å²) in [5, 5.41) is 10.5. The fraction of sp³-hybridized carbons (Fsp3) is 0.385. The van der Waals surface area contributed by atoms with Gasteiger partial charge in [-0.25, -0.2) is 0 Å². The molecule has 2 aliphatic rings. The first-order valence-electron chi connectivity index (χ1n) is 11.2. The Bertz CT molecular complexity index is 1090. The molecule has 2 aromatic carbocycles. The number of anilines is 1. The molecule has 0 unspecified atom stereocenters. The van der Waals surface area contributed by atoms with Crippen LogP contribution in [0.15, 0.2) is 60.8 Å². The minimum atomic E-state index is 0.161. The number of nitriles is 1. The molecule has 5 heteroatoms. The van der Waals surface area contributed by atoms with Gasteiger partial charge in [0, 0.05) is 43.4 Å². The van der Waals surface area contributed by atoms with Crippen molar-refractivity contribution in [2.24, 2.45) is 0 Å². The molecule has 3 aromatic rings. The van der Waals surface area contributed by atoms with Crippen LogP contribution in [0.3, 0.4) is 0 Å². The molecule has 0 bridgehead atoms. The van der Waals surface area contributed by atoms with Crippen molar-refractivity contribution in [3.8, 4) is 6.07 Å². The van der Waals surface area contributed by atoms with Crippen LogP contribution in [0.25, 0.3) is 10.9 Å². The number of nitrogens with zero attached hydrogens (tertiary/aromatic N) is 4. The lowest BCUT2D eigenvalue weighted by Gasteiger charge is -2.40. The average molecular weight is 413 g/mol. The Morgan fingerprint density at radius 1 is 1.06 bits per heavy atom. The molecule has 2 aliphatic heterocycles. The average Bonchev–Trinajstić information content (AvgIpc) is 3.27. The molecule has 0 amide bonds. The minimum absolute atomic E-state index is 0.161. The lowest BCUT2D eigenvalue weighted by atomic mass is 9.99. The molecule has 0 aliphatic carbocycles. The van der Waals surface area contributed by atoms with E-state index in [0.29, 0.717) is 11.5 Å². The van der Waals surface area contributed by atoms with Crippen molar-refractivity contribution in [3.63, 3.8) is 0 Å². The first kappa shape index (κ1) is 20.0. The molecule has 5 nitrogen and oxygen atoms in total. The van der Waals surface area contributed by atoms with E-state index in [9.17, 15) is 5.26 Å². The molecule has 0 N–H and O–H groups in total. The van der Waals surface area contributed by atoms with Crippen molar-refractivity contribution in [1.29, 1.82) is 5.26 Å². The van der Waals surface area contributed by atoms with Gasteiger partial charge in [0.05, 0.1) is 23.3 Å². The van der Waals surface area contributed by atoms with Crippen LogP contribution in [-0.4, -0.2) is 54.8 Å². The van der Waals surface area contributed by atoms with Crippen LogP contribution in [0.4, 0.5) is 5.69 Å². The number of ether oxygens (including phenoxy) is 1. The smallest absolute Gasteiger partial charge is 0.101 e. The summed E-state index contributed by atoms with van der Waals surface area (Å²) in [6, 6.07) is 21.1. The first-order chi connectivity index (χ1) is 15.2. The maximum absolute atomic E-state index is 9.45. The van der Waals surface area contributed by atoms with Crippen LogP contribution in [0.5, 0.6) is 0 Å². The van der Waals surface area contributed by atoms with Crippen LogP contribution in [0.1, 0.15) is 30.4 Å². The molecule has 2 saturated heterocycles. The Morgan fingerprint density at radius 2 is 1.94 bits per heavy atom. The zero-order chi connectivity index (χ0) is 21.2. The second kappa shape index (κ2) is 8.66. The summed E-state index contributed by atoms with van der Waals surface area (Å²) >= 11 is 0. The molecule has 0 saturated carbocycles. The molecule has 158 valence electrons. The summed E-state index contributed by atoms with van der Waals surface area (Å²) in [5.41, 5.74) is 4.00. The standard InChI is InChI=1S/C26H28N4O/c1-19-15-30(25-10-9-21(14-27)26-24(25)8-5-12-28-26)18-23(31-19)17-29-13-11-22(16-29)20-6-3-2-4-7-20/h2-10,12,19,22-23H,11,13,15-18H2,1H3/t19-,22-,23+/m1/s1. The SMILES string of the molecule is C[C@@H]1CN(c2ccc(C#N)c3ncccc23)C[C@H](CN2CC[C@@H](c3ccccc3)C2)O1. The van der Waals surface area contributed by atoms with E-state index < -0.39 is 0 Å². The Kier molecular flexibility index (Phi) is 5.59. The number of hydrogen-bond acceptors (Lipinski definition) is 5. The molecule has 3 heterocycles. The van der Waals surface area contributed by atoms with Crippen LogP contribution >= 0.6 is 0 Å². The minimum Gasteiger partial charge on any atom is -0.370 e. The fourth-order valence-electron chi connectivity index (χ4n) is 5.15. The van der Waals surface area contributed by atoms with Gasteiger partial charge in [0.15, 0.2) is 0 Å². The summed E-state index contributed by atoms with van der Waals surface area (Å²) in [7, 11) is 0. The van der Waals surface area contributed by atoms with Crippen molar-refractivity contribution in [2.45, 2.75) is 31.5 Å². The van der Waals surface area contributed by atoms with E-state index in [1.54, 1.807) is 6.20 Å². The quantitative estimate of drug-likeness (QED) is 0.643. The van der Waals surface area contributed by atoms with E-state index in [4.69, 9.17) is 4.74 Å². The molecule has 0 radical (unpaired) electrons. The number of morpholine rings is 1. The van der Waals surface area contributed by atoms with Gasteiger partial charge in [-0.1, -0.05) is 30.3 Å². The highest BCUT2D eigenvalue weighted by Gasteiger charge is 2.31. The lowest BCUT2D eigenvalue weighted by molar-refractivity contribution is -0.0295. The van der Waals surface area contributed by atoms with Crippen molar-refractivity contribution >= 4 is 16.6 Å². The number of hydrogen-bond donors (Lipinski definition) is 0. The molecule has 31 heavy (non-hydrogen) atoms. The normalized spacial score (nSPS) is 24.4. The summed E-state index contributed by atoms with van der Waals surface area (Å²) in [6.45, 7) is 7.03. The summed E-state index contributed by atoms with van der Waals surface area (Å²) in [5.74, 6) is 0.617. The summed E-state index contributed by atoms with van der Waals surface area (Å²) in [6.07, 6.45) is 3.30. The van der Waals surface area contributed by atoms with Gasteiger partial charge in [-0.3, -0.25) is 4.98 Å². The zero-order valence-electron chi connectivity index (χ0n) is 17.9. The van der Waals surface area contributed by atoms with E-state index in [1.165, 1.54) is 12.0 Å². The molecule has 2 fully saturated rings. The Labute approximate surface area is 183 Å². The van der Waals surface area contributed by atoms with Crippen molar-refractivity contribution in [3.05, 3.63) is 71.9 Å². The Morgan fingerprint density at radius 3 is 2.77 bits per heavy atom. The van der Waals surface area contributed by atoms with Gasteiger partial charge < -0.3 is 14.5 Å². The van der Waals surface area contributed by atoms with Gasteiger partial charge >= 0.3 is 0 Å². The highest BCUT2D eigenvalue weighted by Crippen LogP contribution is 2.31. The number of benzene rings is 2. The third-order valence-electron chi connectivity index (χ3n) is 6.54. The summed E-state index contributed by atoms with van der Waals surface area (Å²) in [4.78, 5) is 9.44. The molecule has 1 aromatic heterocycles. The number of pyridine rings is 1. The third-order valence-corrected chi connectivity index (χ3v) is 6.54. The molecule has 0 spiro atoms. The van der Waals surface area contributed by atoms with Crippen LogP contribution < -0.4 is 4.90 Å². The Balaban J connectivity index is 1.31. The van der Waals surface area contributed by atoms with Gasteiger partial charge in [0.25, 0.3) is 0 Å². The van der Waals surface area contributed by atoms with Crippen molar-refractivity contribution in [1.82, 2.24) is 9.88 Å². The van der Waals surface area contributed by atoms with E-state index in [2.05, 4.69) is 70.2 Å². The molecule has 5 rings (SSSR count). The second-order valence-electron chi connectivity index (χ2n) is 8.77. The maximum atomic E-state index is 9.45. The number of rotatable bonds is 4. The number of fused-ring (bicyclic) bond motifs is 1. The summed E-state index contributed by atoms with van der Waals surface area (Å²) < 4.78 is 6.35. The van der Waals surface area contributed by atoms with E-state index >= 15 is 0 Å². The highest BCUT2D eigenvalue weighted by molar-refractivity contribution is 5.95. The van der Waals surface area contributed by atoms with Crippen LogP contribution in [0.2, 0.25) is 0 Å². The predicted octanol–water partition coefficient (Wildman–Crippen LogP) is 4.19. The second-order valence-corrected chi connectivity index (χ2v) is 8.77. The largest absolute Gasteiger partial charge is 0.370 e. The molecular weight excluding hydrogens is 384 g/mol. The number of aromatic nitrogens is 1. The highest BCUT2D eigenvalue weighted by atomic mass is 16.5. The number of likely N-dealkylation sites (tertiary alicyclic amines) is 1. The lowest BCUT2D eigenvalue weighted by Crippen LogP contribution is -2.50. The van der Waals surface area contributed by atoms with E-state index in [0.717, 1.165) is 49.3 Å². The van der Waals surface area contributed by atoms with Crippen molar-refractivity contribution < 1.29 is 4.74 Å². The zero-order valence-corrected chi connectivity index (χ0v) is 17.9. The van der Waals surface area contributed by atoms with Crippen molar-refractivity contribution in [2.75, 3.05) is 37.6 Å². The van der Waals surface area contributed by atoms with Crippen LogP contribution in [-0.2, 0) is 4.74 Å². The molecular formula is C26H28N4O. The third kappa shape index (κ3) is 4.14. The van der Waals surface area contributed by atoms with E-state index in [1.807, 2.05) is 12.1 Å². The van der Waals surface area contributed by atoms with Gasteiger partial charge in [-0.05, 0) is 55.6 Å². The topological polar surface area (TPSA) is 52.4 Å². The molecule has 3 atom stereocenters. The maximum Gasteiger partial charge on any atom is 0.101 e. The predicted molar refractivity (Wildman–Crippen MR) is 123 cm³/mol. The van der Waals surface area contributed by atoms with Gasteiger partial charge in [0.1, 0.15) is 6.07 Å². The van der Waals surface area contributed by atoms with Gasteiger partial charge in [0.2, 0.25) is 0 Å². The monoisotopic (exact) mass is 412 g/mol. The van der Waals surface area contributed by atoms with Gasteiger partial charge in [-0.15, -0.1) is 0 Å². The fourth-order valence-corrected chi connectivity index (χ4v) is 5.15. The van der Waals surface area contributed by atoms with Crippen LogP contribution in [0, 0.1) is 11.3 Å². The first-order valence-corrected chi connectivity index (χ1v) is 11.2. The Hall–Kier alpha value is -2.94. The van der Waals surface area contributed by atoms with Gasteiger partial charge in [-0.2, -0.15) is 5.26 Å².